The van der Waals surface area contributed by atoms with Crippen molar-refractivity contribution in [3.63, 3.8) is 0 Å². The van der Waals surface area contributed by atoms with E-state index in [1.54, 1.807) is 4.90 Å². The molecule has 0 aromatic rings. The highest BCUT2D eigenvalue weighted by Crippen LogP contribution is 2.48. The van der Waals surface area contributed by atoms with Gasteiger partial charge in [0.1, 0.15) is 0 Å². The lowest BCUT2D eigenvalue weighted by atomic mass is 9.88. The SMILES string of the molecule is CN(C)C(=O)[C@H]1C[C@H]2CC[C@H]1C2. The molecule has 0 saturated heterocycles. The molecule has 0 spiro atoms. The molecule has 2 aliphatic rings. The van der Waals surface area contributed by atoms with E-state index in [0.717, 1.165) is 11.8 Å². The van der Waals surface area contributed by atoms with Gasteiger partial charge >= 0.3 is 0 Å². The summed E-state index contributed by atoms with van der Waals surface area (Å²) in [6.45, 7) is 0. The van der Waals surface area contributed by atoms with E-state index < -0.39 is 0 Å². The summed E-state index contributed by atoms with van der Waals surface area (Å²) < 4.78 is 0. The molecule has 2 aliphatic carbocycles. The van der Waals surface area contributed by atoms with Crippen LogP contribution in [0.2, 0.25) is 0 Å². The molecular formula is C10H17NO. The Balaban J connectivity index is 2.02. The van der Waals surface area contributed by atoms with Gasteiger partial charge in [0.15, 0.2) is 0 Å². The summed E-state index contributed by atoms with van der Waals surface area (Å²) in [5.74, 6) is 2.34. The quantitative estimate of drug-likeness (QED) is 0.579. The van der Waals surface area contributed by atoms with Gasteiger partial charge in [-0.1, -0.05) is 6.42 Å². The van der Waals surface area contributed by atoms with E-state index in [-0.39, 0.29) is 0 Å². The van der Waals surface area contributed by atoms with Crippen LogP contribution in [0.4, 0.5) is 0 Å². The average molecular weight is 167 g/mol. The highest BCUT2D eigenvalue weighted by Gasteiger charge is 2.43. The van der Waals surface area contributed by atoms with Gasteiger partial charge in [-0.05, 0) is 31.1 Å². The minimum atomic E-state index is 0.363. The number of amides is 1. The zero-order valence-electron chi connectivity index (χ0n) is 7.92. The Morgan fingerprint density at radius 1 is 1.25 bits per heavy atom. The van der Waals surface area contributed by atoms with Gasteiger partial charge in [-0.3, -0.25) is 4.79 Å². The smallest absolute Gasteiger partial charge is 0.225 e. The van der Waals surface area contributed by atoms with Crippen molar-refractivity contribution >= 4 is 5.91 Å². The van der Waals surface area contributed by atoms with Crippen LogP contribution in [-0.4, -0.2) is 24.9 Å². The van der Waals surface area contributed by atoms with E-state index in [0.29, 0.717) is 11.8 Å². The number of hydrogen-bond acceptors (Lipinski definition) is 1. The van der Waals surface area contributed by atoms with E-state index in [2.05, 4.69) is 0 Å². The molecule has 0 radical (unpaired) electrons. The van der Waals surface area contributed by atoms with Gasteiger partial charge in [-0.25, -0.2) is 0 Å². The third-order valence-corrected chi connectivity index (χ3v) is 3.50. The summed E-state index contributed by atoms with van der Waals surface area (Å²) in [5, 5.41) is 0. The van der Waals surface area contributed by atoms with E-state index >= 15 is 0 Å². The first kappa shape index (κ1) is 8.09. The van der Waals surface area contributed by atoms with Crippen molar-refractivity contribution in [2.24, 2.45) is 17.8 Å². The molecule has 2 saturated carbocycles. The molecule has 68 valence electrons. The molecule has 0 N–H and O–H groups in total. The van der Waals surface area contributed by atoms with Crippen LogP contribution in [-0.2, 0) is 4.79 Å². The minimum absolute atomic E-state index is 0.363. The van der Waals surface area contributed by atoms with Crippen LogP contribution in [0.5, 0.6) is 0 Å². The van der Waals surface area contributed by atoms with Crippen LogP contribution in [0.15, 0.2) is 0 Å². The molecule has 0 aromatic heterocycles. The van der Waals surface area contributed by atoms with E-state index in [4.69, 9.17) is 0 Å². The Kier molecular flexibility index (Phi) is 1.85. The molecule has 2 bridgehead atoms. The molecule has 2 fully saturated rings. The molecule has 0 aliphatic heterocycles. The molecular weight excluding hydrogens is 150 g/mol. The summed E-state index contributed by atoms with van der Waals surface area (Å²) in [5.41, 5.74) is 0. The molecule has 0 aromatic carbocycles. The first-order valence-electron chi connectivity index (χ1n) is 4.89. The number of carbonyl (C=O) groups is 1. The molecule has 3 atom stereocenters. The maximum Gasteiger partial charge on any atom is 0.225 e. The highest BCUT2D eigenvalue weighted by atomic mass is 16.2. The second-order valence-electron chi connectivity index (χ2n) is 4.51. The second-order valence-corrected chi connectivity index (χ2v) is 4.51. The third kappa shape index (κ3) is 1.13. The zero-order chi connectivity index (χ0) is 8.72. The molecule has 2 heteroatoms. The van der Waals surface area contributed by atoms with Crippen molar-refractivity contribution in [1.82, 2.24) is 4.90 Å². The van der Waals surface area contributed by atoms with Gasteiger partial charge in [0.05, 0.1) is 0 Å². The number of hydrogen-bond donors (Lipinski definition) is 0. The van der Waals surface area contributed by atoms with Crippen LogP contribution in [0.25, 0.3) is 0 Å². The number of carbonyl (C=O) groups excluding carboxylic acids is 1. The zero-order valence-corrected chi connectivity index (χ0v) is 7.92. The normalized spacial score (nSPS) is 38.7. The van der Waals surface area contributed by atoms with Crippen molar-refractivity contribution in [1.29, 1.82) is 0 Å². The Morgan fingerprint density at radius 3 is 2.42 bits per heavy atom. The molecule has 2 rings (SSSR count). The van der Waals surface area contributed by atoms with Crippen molar-refractivity contribution in [2.75, 3.05) is 14.1 Å². The Hall–Kier alpha value is -0.530. The Bertz CT molecular complexity index is 200. The van der Waals surface area contributed by atoms with Crippen molar-refractivity contribution in [3.8, 4) is 0 Å². The van der Waals surface area contributed by atoms with Gasteiger partial charge < -0.3 is 4.90 Å². The lowest BCUT2D eigenvalue weighted by Gasteiger charge is -2.23. The summed E-state index contributed by atoms with van der Waals surface area (Å²) >= 11 is 0. The van der Waals surface area contributed by atoms with Gasteiger partial charge in [0.2, 0.25) is 5.91 Å². The molecule has 0 heterocycles. The summed E-state index contributed by atoms with van der Waals surface area (Å²) in [4.78, 5) is 13.4. The first-order chi connectivity index (χ1) is 5.68. The van der Waals surface area contributed by atoms with Crippen molar-refractivity contribution in [2.45, 2.75) is 25.7 Å². The first-order valence-corrected chi connectivity index (χ1v) is 4.89. The van der Waals surface area contributed by atoms with Gasteiger partial charge in [0.25, 0.3) is 0 Å². The standard InChI is InChI=1S/C10H17NO/c1-11(2)10(12)9-6-7-3-4-8(9)5-7/h7-9H,3-6H2,1-2H3/t7-,8-,9-/m0/s1. The van der Waals surface area contributed by atoms with Crippen LogP contribution >= 0.6 is 0 Å². The van der Waals surface area contributed by atoms with Crippen LogP contribution in [0.1, 0.15) is 25.7 Å². The van der Waals surface area contributed by atoms with Gasteiger partial charge in [-0.15, -0.1) is 0 Å². The maximum absolute atomic E-state index is 11.7. The van der Waals surface area contributed by atoms with Crippen LogP contribution < -0.4 is 0 Å². The topological polar surface area (TPSA) is 20.3 Å². The van der Waals surface area contributed by atoms with Crippen LogP contribution in [0.3, 0.4) is 0 Å². The lowest BCUT2D eigenvalue weighted by Crippen LogP contribution is -2.32. The monoisotopic (exact) mass is 167 g/mol. The molecule has 1 amide bonds. The van der Waals surface area contributed by atoms with Crippen LogP contribution in [0, 0.1) is 17.8 Å². The summed E-state index contributed by atoms with van der Waals surface area (Å²) in [7, 11) is 3.74. The second kappa shape index (κ2) is 2.75. The Labute approximate surface area is 73.9 Å². The van der Waals surface area contributed by atoms with E-state index in [1.807, 2.05) is 14.1 Å². The maximum atomic E-state index is 11.7. The molecule has 12 heavy (non-hydrogen) atoms. The van der Waals surface area contributed by atoms with Gasteiger partial charge in [0, 0.05) is 20.0 Å². The number of fused-ring (bicyclic) bond motifs is 2. The van der Waals surface area contributed by atoms with Gasteiger partial charge in [-0.2, -0.15) is 0 Å². The highest BCUT2D eigenvalue weighted by molar-refractivity contribution is 5.79. The average Bonchev–Trinajstić information content (AvgIpc) is 2.62. The number of rotatable bonds is 1. The predicted octanol–water partition coefficient (Wildman–Crippen LogP) is 1.51. The fourth-order valence-corrected chi connectivity index (χ4v) is 2.88. The third-order valence-electron chi connectivity index (χ3n) is 3.50. The molecule has 0 unspecified atom stereocenters. The predicted molar refractivity (Wildman–Crippen MR) is 47.6 cm³/mol. The Morgan fingerprint density at radius 2 is 2.00 bits per heavy atom. The lowest BCUT2D eigenvalue weighted by molar-refractivity contribution is -0.134. The largest absolute Gasteiger partial charge is 0.349 e. The fraction of sp³-hybridized carbons (Fsp3) is 0.900. The van der Waals surface area contributed by atoms with E-state index in [9.17, 15) is 4.79 Å². The van der Waals surface area contributed by atoms with Crippen molar-refractivity contribution in [3.05, 3.63) is 0 Å². The van der Waals surface area contributed by atoms with E-state index in [1.165, 1.54) is 25.7 Å². The van der Waals surface area contributed by atoms with Crippen molar-refractivity contribution < 1.29 is 4.79 Å². The number of nitrogens with zero attached hydrogens (tertiary/aromatic N) is 1. The molecule has 2 nitrogen and oxygen atoms in total. The summed E-state index contributed by atoms with van der Waals surface area (Å²) in [6.07, 6.45) is 5.17. The minimum Gasteiger partial charge on any atom is -0.349 e. The summed E-state index contributed by atoms with van der Waals surface area (Å²) in [6, 6.07) is 0. The fourth-order valence-electron chi connectivity index (χ4n) is 2.88.